The summed E-state index contributed by atoms with van der Waals surface area (Å²) in [6, 6.07) is 7.41. The van der Waals surface area contributed by atoms with Crippen molar-refractivity contribution < 1.29 is 9.32 Å². The predicted molar refractivity (Wildman–Crippen MR) is 88.7 cm³/mol. The molecule has 1 amide bonds. The van der Waals surface area contributed by atoms with Crippen LogP contribution in [0.1, 0.15) is 17.0 Å². The summed E-state index contributed by atoms with van der Waals surface area (Å²) in [7, 11) is 0. The third-order valence-electron chi connectivity index (χ3n) is 3.97. The number of nitrogens with zero attached hydrogens (tertiary/aromatic N) is 3. The first kappa shape index (κ1) is 15.9. The van der Waals surface area contributed by atoms with Gasteiger partial charge in [0, 0.05) is 29.7 Å². The maximum atomic E-state index is 12.1. The molecule has 0 aliphatic rings. The van der Waals surface area contributed by atoms with Crippen LogP contribution in [0, 0.1) is 13.8 Å². The van der Waals surface area contributed by atoms with Gasteiger partial charge in [0.05, 0.1) is 12.7 Å². The SMILES string of the molecule is Cc1ncn(CCNC(=O)Cc2noc3ccccc23)c(=O)c1C. The van der Waals surface area contributed by atoms with E-state index in [1.165, 1.54) is 10.9 Å². The van der Waals surface area contributed by atoms with Gasteiger partial charge in [-0.2, -0.15) is 0 Å². The van der Waals surface area contributed by atoms with Crippen molar-refractivity contribution in [2.75, 3.05) is 6.54 Å². The summed E-state index contributed by atoms with van der Waals surface area (Å²) in [6.07, 6.45) is 1.64. The summed E-state index contributed by atoms with van der Waals surface area (Å²) in [5.41, 5.74) is 2.52. The molecular formula is C17H18N4O3. The van der Waals surface area contributed by atoms with E-state index in [1.54, 1.807) is 13.8 Å². The number of fused-ring (bicyclic) bond motifs is 1. The summed E-state index contributed by atoms with van der Waals surface area (Å²) in [4.78, 5) is 28.3. The second kappa shape index (κ2) is 6.66. The van der Waals surface area contributed by atoms with E-state index in [2.05, 4.69) is 15.5 Å². The van der Waals surface area contributed by atoms with Crippen LogP contribution in [0.2, 0.25) is 0 Å². The van der Waals surface area contributed by atoms with Gasteiger partial charge < -0.3 is 9.84 Å². The van der Waals surface area contributed by atoms with Gasteiger partial charge in [0.2, 0.25) is 5.91 Å². The highest BCUT2D eigenvalue weighted by atomic mass is 16.5. The zero-order chi connectivity index (χ0) is 17.1. The van der Waals surface area contributed by atoms with Crippen LogP contribution in [0.3, 0.4) is 0 Å². The molecule has 0 aliphatic heterocycles. The number of para-hydroxylation sites is 1. The third kappa shape index (κ3) is 3.19. The van der Waals surface area contributed by atoms with Gasteiger partial charge in [0.25, 0.3) is 5.56 Å². The summed E-state index contributed by atoms with van der Waals surface area (Å²) in [5, 5.41) is 7.56. The van der Waals surface area contributed by atoms with Crippen molar-refractivity contribution in [3.63, 3.8) is 0 Å². The van der Waals surface area contributed by atoms with Gasteiger partial charge >= 0.3 is 0 Å². The summed E-state index contributed by atoms with van der Waals surface area (Å²) < 4.78 is 6.67. The van der Waals surface area contributed by atoms with Crippen LogP contribution >= 0.6 is 0 Å². The molecule has 0 aliphatic carbocycles. The van der Waals surface area contributed by atoms with Crippen LogP contribution in [-0.4, -0.2) is 27.2 Å². The summed E-state index contributed by atoms with van der Waals surface area (Å²) in [6.45, 7) is 4.26. The molecule has 0 spiro atoms. The number of nitrogens with one attached hydrogen (secondary N) is 1. The maximum Gasteiger partial charge on any atom is 0.256 e. The van der Waals surface area contributed by atoms with E-state index < -0.39 is 0 Å². The van der Waals surface area contributed by atoms with Gasteiger partial charge in [0.15, 0.2) is 5.58 Å². The van der Waals surface area contributed by atoms with Crippen LogP contribution in [0.5, 0.6) is 0 Å². The Morgan fingerprint density at radius 2 is 2.08 bits per heavy atom. The van der Waals surface area contributed by atoms with E-state index in [0.717, 1.165) is 11.1 Å². The molecule has 1 N–H and O–H groups in total. The van der Waals surface area contributed by atoms with E-state index >= 15 is 0 Å². The number of hydrogen-bond acceptors (Lipinski definition) is 5. The van der Waals surface area contributed by atoms with Crippen molar-refractivity contribution in [1.29, 1.82) is 0 Å². The highest BCUT2D eigenvalue weighted by Crippen LogP contribution is 2.17. The predicted octanol–water partition coefficient (Wildman–Crippen LogP) is 1.36. The fourth-order valence-electron chi connectivity index (χ4n) is 2.43. The van der Waals surface area contributed by atoms with Gasteiger partial charge in [-0.15, -0.1) is 0 Å². The molecule has 0 saturated carbocycles. The monoisotopic (exact) mass is 326 g/mol. The zero-order valence-corrected chi connectivity index (χ0v) is 13.6. The van der Waals surface area contributed by atoms with Gasteiger partial charge in [-0.25, -0.2) is 4.98 Å². The topological polar surface area (TPSA) is 90.0 Å². The van der Waals surface area contributed by atoms with Gasteiger partial charge in [0.1, 0.15) is 5.69 Å². The molecule has 0 saturated heterocycles. The second-order valence-electron chi connectivity index (χ2n) is 5.61. The Morgan fingerprint density at radius 1 is 1.29 bits per heavy atom. The number of amides is 1. The smallest absolute Gasteiger partial charge is 0.256 e. The Bertz CT molecular complexity index is 942. The Labute approximate surface area is 138 Å². The molecule has 0 fully saturated rings. The molecule has 0 bridgehead atoms. The van der Waals surface area contributed by atoms with Crippen LogP contribution in [0.25, 0.3) is 11.0 Å². The molecule has 2 aromatic heterocycles. The minimum Gasteiger partial charge on any atom is -0.356 e. The first-order valence-corrected chi connectivity index (χ1v) is 7.69. The highest BCUT2D eigenvalue weighted by molar-refractivity contribution is 5.86. The first-order valence-electron chi connectivity index (χ1n) is 7.69. The van der Waals surface area contributed by atoms with E-state index in [0.29, 0.717) is 29.9 Å². The molecule has 1 aromatic carbocycles. The lowest BCUT2D eigenvalue weighted by Crippen LogP contribution is -2.32. The normalized spacial score (nSPS) is 10.9. The number of hydrogen-bond donors (Lipinski definition) is 1. The van der Waals surface area contributed by atoms with Gasteiger partial charge in [-0.3, -0.25) is 14.2 Å². The number of aromatic nitrogens is 3. The molecule has 24 heavy (non-hydrogen) atoms. The molecule has 2 heterocycles. The van der Waals surface area contributed by atoms with Crippen molar-refractivity contribution in [1.82, 2.24) is 20.0 Å². The molecule has 0 atom stereocenters. The molecular weight excluding hydrogens is 308 g/mol. The molecule has 0 radical (unpaired) electrons. The molecule has 3 rings (SSSR count). The van der Waals surface area contributed by atoms with Crippen LogP contribution in [0.15, 0.2) is 39.9 Å². The maximum absolute atomic E-state index is 12.1. The average Bonchev–Trinajstić information content (AvgIpc) is 2.98. The van der Waals surface area contributed by atoms with Crippen LogP contribution < -0.4 is 10.9 Å². The van der Waals surface area contributed by atoms with Crippen molar-refractivity contribution in [2.45, 2.75) is 26.8 Å². The molecule has 3 aromatic rings. The van der Waals surface area contributed by atoms with E-state index in [1.807, 2.05) is 24.3 Å². The second-order valence-corrected chi connectivity index (χ2v) is 5.61. The Balaban J connectivity index is 1.58. The lowest BCUT2D eigenvalue weighted by molar-refractivity contribution is -0.120. The fourth-order valence-corrected chi connectivity index (χ4v) is 2.43. The van der Waals surface area contributed by atoms with Crippen molar-refractivity contribution in [3.05, 3.63) is 57.9 Å². The largest absolute Gasteiger partial charge is 0.356 e. The fraction of sp³-hybridized carbons (Fsp3) is 0.294. The quantitative estimate of drug-likeness (QED) is 0.764. The highest BCUT2D eigenvalue weighted by Gasteiger charge is 2.12. The van der Waals surface area contributed by atoms with Crippen LogP contribution in [-0.2, 0) is 17.8 Å². The lowest BCUT2D eigenvalue weighted by Gasteiger charge is -2.08. The summed E-state index contributed by atoms with van der Waals surface area (Å²) >= 11 is 0. The van der Waals surface area contributed by atoms with E-state index in [-0.39, 0.29) is 17.9 Å². The number of benzene rings is 1. The van der Waals surface area contributed by atoms with Gasteiger partial charge in [-0.1, -0.05) is 17.3 Å². The lowest BCUT2D eigenvalue weighted by atomic mass is 10.1. The van der Waals surface area contributed by atoms with E-state index in [4.69, 9.17) is 4.52 Å². The zero-order valence-electron chi connectivity index (χ0n) is 13.6. The van der Waals surface area contributed by atoms with E-state index in [9.17, 15) is 9.59 Å². The minimum absolute atomic E-state index is 0.0840. The number of aryl methyl sites for hydroxylation is 1. The van der Waals surface area contributed by atoms with Crippen molar-refractivity contribution in [2.24, 2.45) is 0 Å². The number of rotatable bonds is 5. The Hall–Kier alpha value is -2.96. The van der Waals surface area contributed by atoms with Crippen molar-refractivity contribution in [3.8, 4) is 0 Å². The average molecular weight is 326 g/mol. The third-order valence-corrected chi connectivity index (χ3v) is 3.97. The Morgan fingerprint density at radius 3 is 2.92 bits per heavy atom. The molecule has 124 valence electrons. The molecule has 7 heteroatoms. The first-order chi connectivity index (χ1) is 11.6. The number of carbonyl (C=O) groups is 1. The van der Waals surface area contributed by atoms with Crippen molar-refractivity contribution >= 4 is 16.9 Å². The molecule has 7 nitrogen and oxygen atoms in total. The molecule has 0 unspecified atom stereocenters. The van der Waals surface area contributed by atoms with Gasteiger partial charge in [-0.05, 0) is 26.0 Å². The number of carbonyl (C=O) groups excluding carboxylic acids is 1. The Kier molecular flexibility index (Phi) is 4.41. The minimum atomic E-state index is -0.168. The van der Waals surface area contributed by atoms with Crippen LogP contribution in [0.4, 0.5) is 0 Å². The summed E-state index contributed by atoms with van der Waals surface area (Å²) in [5.74, 6) is -0.168. The standard InChI is InChI=1S/C17H18N4O3/c1-11-12(2)19-10-21(17(11)23)8-7-18-16(22)9-14-13-5-3-4-6-15(13)24-20-14/h3-6,10H,7-9H2,1-2H3,(H,18,22).